The first-order valence-electron chi connectivity index (χ1n) is 11.0. The van der Waals surface area contributed by atoms with Gasteiger partial charge >= 0.3 is 6.03 Å². The van der Waals surface area contributed by atoms with Gasteiger partial charge in [0, 0.05) is 62.2 Å². The highest BCUT2D eigenvalue weighted by Crippen LogP contribution is 2.21. The number of halogens is 1. The van der Waals surface area contributed by atoms with Crippen LogP contribution in [0.25, 0.3) is 0 Å². The van der Waals surface area contributed by atoms with E-state index in [4.69, 9.17) is 16.3 Å². The van der Waals surface area contributed by atoms with Gasteiger partial charge in [0.05, 0.1) is 12.7 Å². The lowest BCUT2D eigenvalue weighted by atomic mass is 10.1. The van der Waals surface area contributed by atoms with E-state index in [2.05, 4.69) is 47.2 Å². The van der Waals surface area contributed by atoms with E-state index < -0.39 is 0 Å². The number of nitrogens with one attached hydrogen (secondary N) is 1. The highest BCUT2D eigenvalue weighted by Gasteiger charge is 2.27. The van der Waals surface area contributed by atoms with Gasteiger partial charge in [-0.05, 0) is 55.3 Å². The second kappa shape index (κ2) is 9.90. The number of hydrogen-bond acceptors (Lipinski definition) is 4. The molecule has 0 spiro atoms. The quantitative estimate of drug-likeness (QED) is 0.777. The fourth-order valence-corrected chi connectivity index (χ4v) is 4.37. The van der Waals surface area contributed by atoms with Gasteiger partial charge in [-0.3, -0.25) is 4.90 Å². The van der Waals surface area contributed by atoms with Crippen LogP contribution in [0.2, 0.25) is 5.02 Å². The van der Waals surface area contributed by atoms with E-state index in [9.17, 15) is 4.79 Å². The summed E-state index contributed by atoms with van der Waals surface area (Å²) in [5.74, 6) is 0. The van der Waals surface area contributed by atoms with Crippen LogP contribution < -0.4 is 10.2 Å². The molecule has 31 heavy (non-hydrogen) atoms. The summed E-state index contributed by atoms with van der Waals surface area (Å²) < 4.78 is 5.97. The first-order valence-corrected chi connectivity index (χ1v) is 11.3. The number of anilines is 2. The lowest BCUT2D eigenvalue weighted by molar-refractivity contribution is -0.0295. The summed E-state index contributed by atoms with van der Waals surface area (Å²) in [5, 5.41) is 3.54. The van der Waals surface area contributed by atoms with Gasteiger partial charge in [0.25, 0.3) is 0 Å². The molecule has 7 heteroatoms. The Morgan fingerprint density at radius 1 is 1.06 bits per heavy atom. The first-order chi connectivity index (χ1) is 15.0. The Kier molecular flexibility index (Phi) is 7.00. The smallest absolute Gasteiger partial charge is 0.322 e. The lowest BCUT2D eigenvalue weighted by Crippen LogP contribution is -2.54. The molecule has 166 valence electrons. The fourth-order valence-electron chi connectivity index (χ4n) is 4.18. The van der Waals surface area contributed by atoms with E-state index in [0.717, 1.165) is 32.7 Å². The molecule has 2 aliphatic heterocycles. The molecule has 1 N–H and O–H groups in total. The zero-order chi connectivity index (χ0) is 21.8. The van der Waals surface area contributed by atoms with Crippen LogP contribution in [0.5, 0.6) is 0 Å². The van der Waals surface area contributed by atoms with E-state index >= 15 is 0 Å². The van der Waals surface area contributed by atoms with Crippen molar-refractivity contribution in [1.82, 2.24) is 9.80 Å². The van der Waals surface area contributed by atoms with Gasteiger partial charge in [0.15, 0.2) is 0 Å². The van der Waals surface area contributed by atoms with Gasteiger partial charge < -0.3 is 19.9 Å². The van der Waals surface area contributed by atoms with Crippen LogP contribution in [-0.4, -0.2) is 74.4 Å². The van der Waals surface area contributed by atoms with Crippen LogP contribution in [0.4, 0.5) is 16.2 Å². The van der Waals surface area contributed by atoms with Gasteiger partial charge in [0.2, 0.25) is 0 Å². The highest BCUT2D eigenvalue weighted by atomic mass is 35.5. The predicted octanol–water partition coefficient (Wildman–Crippen LogP) is 4.01. The third kappa shape index (κ3) is 5.70. The molecular weight excluding hydrogens is 412 g/mol. The van der Waals surface area contributed by atoms with Crippen molar-refractivity contribution in [2.45, 2.75) is 20.0 Å². The van der Waals surface area contributed by atoms with Crippen molar-refractivity contribution in [2.75, 3.05) is 62.6 Å². The highest BCUT2D eigenvalue weighted by molar-refractivity contribution is 6.30. The van der Waals surface area contributed by atoms with Gasteiger partial charge in [0.1, 0.15) is 0 Å². The molecule has 2 saturated heterocycles. The van der Waals surface area contributed by atoms with Crippen molar-refractivity contribution in [3.8, 4) is 0 Å². The van der Waals surface area contributed by atoms with Crippen molar-refractivity contribution < 1.29 is 9.53 Å². The molecule has 0 unspecified atom stereocenters. The minimum atomic E-state index is -0.102. The second-order valence-electron chi connectivity index (χ2n) is 8.44. The van der Waals surface area contributed by atoms with Gasteiger partial charge in [-0.2, -0.15) is 0 Å². The molecule has 1 atom stereocenters. The Morgan fingerprint density at radius 3 is 2.61 bits per heavy atom. The number of rotatable bonds is 4. The monoisotopic (exact) mass is 442 g/mol. The summed E-state index contributed by atoms with van der Waals surface area (Å²) in [6, 6.07) is 13.8. The molecule has 0 aromatic heterocycles. The Morgan fingerprint density at radius 2 is 1.87 bits per heavy atom. The minimum Gasteiger partial charge on any atom is -0.373 e. The Hall–Kier alpha value is -2.28. The maximum absolute atomic E-state index is 12.7. The molecule has 0 saturated carbocycles. The Labute approximate surface area is 189 Å². The number of carbonyl (C=O) groups excluding carboxylic acids is 1. The number of hydrogen-bond donors (Lipinski definition) is 1. The topological polar surface area (TPSA) is 48.0 Å². The second-order valence-corrected chi connectivity index (χ2v) is 8.87. The molecule has 2 aromatic carbocycles. The minimum absolute atomic E-state index is 0.0343. The number of urea groups is 1. The van der Waals surface area contributed by atoms with Crippen molar-refractivity contribution in [3.05, 3.63) is 58.6 Å². The number of aryl methyl sites for hydroxylation is 2. The average molecular weight is 443 g/mol. The molecular formula is C24H31ClN4O2. The summed E-state index contributed by atoms with van der Waals surface area (Å²) in [6.07, 6.45) is 0.0343. The number of nitrogens with zero attached hydrogens (tertiary/aromatic N) is 3. The van der Waals surface area contributed by atoms with Gasteiger partial charge in [-0.15, -0.1) is 0 Å². The SMILES string of the molecule is Cc1ccc(N2CCN(C[C@H]3CN(C(=O)Nc4cccc(Cl)c4)CCO3)CC2)cc1C. The van der Waals surface area contributed by atoms with Gasteiger partial charge in [-0.25, -0.2) is 4.79 Å². The van der Waals surface area contributed by atoms with Crippen LogP contribution >= 0.6 is 11.6 Å². The van der Waals surface area contributed by atoms with Crippen molar-refractivity contribution in [3.63, 3.8) is 0 Å². The van der Waals surface area contributed by atoms with Crippen molar-refractivity contribution in [2.24, 2.45) is 0 Å². The molecule has 0 aliphatic carbocycles. The van der Waals surface area contributed by atoms with Crippen molar-refractivity contribution in [1.29, 1.82) is 0 Å². The third-order valence-corrected chi connectivity index (χ3v) is 6.43. The molecule has 4 rings (SSSR count). The summed E-state index contributed by atoms with van der Waals surface area (Å²) in [7, 11) is 0. The van der Waals surface area contributed by atoms with Crippen LogP contribution in [0.3, 0.4) is 0 Å². The molecule has 2 heterocycles. The largest absolute Gasteiger partial charge is 0.373 e. The van der Waals surface area contributed by atoms with Crippen LogP contribution in [0.15, 0.2) is 42.5 Å². The number of benzene rings is 2. The molecule has 0 bridgehead atoms. The summed E-state index contributed by atoms with van der Waals surface area (Å²) >= 11 is 6.02. The van der Waals surface area contributed by atoms with Crippen molar-refractivity contribution >= 4 is 29.0 Å². The predicted molar refractivity (Wildman–Crippen MR) is 126 cm³/mol. The lowest BCUT2D eigenvalue weighted by Gasteiger charge is -2.40. The molecule has 0 radical (unpaired) electrons. The van der Waals surface area contributed by atoms with E-state index in [0.29, 0.717) is 30.4 Å². The third-order valence-electron chi connectivity index (χ3n) is 6.19. The number of amides is 2. The van der Waals surface area contributed by atoms with E-state index in [1.165, 1.54) is 16.8 Å². The molecule has 2 aliphatic rings. The molecule has 6 nitrogen and oxygen atoms in total. The van der Waals surface area contributed by atoms with Crippen LogP contribution in [-0.2, 0) is 4.74 Å². The van der Waals surface area contributed by atoms with Gasteiger partial charge in [-0.1, -0.05) is 23.7 Å². The summed E-state index contributed by atoms with van der Waals surface area (Å²) in [6.45, 7) is 11.0. The normalized spacial score (nSPS) is 20.0. The molecule has 2 aromatic rings. The van der Waals surface area contributed by atoms with E-state index in [1.54, 1.807) is 12.1 Å². The molecule has 2 fully saturated rings. The number of ether oxygens (including phenoxy) is 1. The maximum atomic E-state index is 12.7. The zero-order valence-corrected chi connectivity index (χ0v) is 19.1. The number of carbonyl (C=O) groups is 1. The Balaban J connectivity index is 1.26. The number of piperazine rings is 1. The zero-order valence-electron chi connectivity index (χ0n) is 18.3. The first kappa shape index (κ1) is 21.9. The summed E-state index contributed by atoms with van der Waals surface area (Å²) in [5.41, 5.74) is 4.69. The fraction of sp³-hybridized carbons (Fsp3) is 0.458. The Bertz CT molecular complexity index is 914. The standard InChI is InChI=1S/C24H31ClN4O2/c1-18-6-7-22(14-19(18)2)28-10-8-27(9-11-28)16-23-17-29(12-13-31-23)24(30)26-21-5-3-4-20(25)15-21/h3-7,14-15,23H,8-13,16-17H2,1-2H3,(H,26,30)/t23-/m0/s1. The van der Waals surface area contributed by atoms with Crippen LogP contribution in [0, 0.1) is 13.8 Å². The van der Waals surface area contributed by atoms with E-state index in [-0.39, 0.29) is 12.1 Å². The average Bonchev–Trinajstić information content (AvgIpc) is 2.76. The van der Waals surface area contributed by atoms with E-state index in [1.807, 2.05) is 17.0 Å². The molecule has 2 amide bonds. The van der Waals surface area contributed by atoms with Crippen LogP contribution in [0.1, 0.15) is 11.1 Å². The summed E-state index contributed by atoms with van der Waals surface area (Å²) in [4.78, 5) is 19.4. The number of morpholine rings is 1. The maximum Gasteiger partial charge on any atom is 0.322 e.